The molecule has 0 aliphatic heterocycles. The standard InChI is InChI=1S/C14H28N2O/c1-11(2)8-9-12(3)15-10-14(17)16-13-6-4-5-7-13/h11-13,15H,4-10H2,1-3H3,(H,16,17)/t12-/m1/s1. The molecule has 0 aromatic heterocycles. The van der Waals surface area contributed by atoms with Crippen molar-refractivity contribution in [1.29, 1.82) is 0 Å². The zero-order valence-corrected chi connectivity index (χ0v) is 11.6. The van der Waals surface area contributed by atoms with Gasteiger partial charge in [-0.15, -0.1) is 0 Å². The summed E-state index contributed by atoms with van der Waals surface area (Å²) in [5, 5.41) is 6.40. The van der Waals surface area contributed by atoms with E-state index in [1.165, 1.54) is 19.3 Å². The molecular formula is C14H28N2O. The maximum absolute atomic E-state index is 11.7. The van der Waals surface area contributed by atoms with Gasteiger partial charge in [-0.05, 0) is 38.5 Å². The van der Waals surface area contributed by atoms with E-state index in [0.717, 1.165) is 25.2 Å². The van der Waals surface area contributed by atoms with Gasteiger partial charge < -0.3 is 10.6 Å². The molecule has 1 aliphatic rings. The molecule has 3 nitrogen and oxygen atoms in total. The van der Waals surface area contributed by atoms with Gasteiger partial charge in [0.1, 0.15) is 0 Å². The molecule has 1 saturated carbocycles. The first-order valence-electron chi connectivity index (χ1n) is 7.10. The van der Waals surface area contributed by atoms with Crippen molar-refractivity contribution < 1.29 is 4.79 Å². The summed E-state index contributed by atoms with van der Waals surface area (Å²) >= 11 is 0. The fourth-order valence-corrected chi connectivity index (χ4v) is 2.30. The summed E-state index contributed by atoms with van der Waals surface area (Å²) in [7, 11) is 0. The Hall–Kier alpha value is -0.570. The number of hydrogen-bond acceptors (Lipinski definition) is 2. The van der Waals surface area contributed by atoms with Crippen molar-refractivity contribution in [3.63, 3.8) is 0 Å². The van der Waals surface area contributed by atoms with Gasteiger partial charge in [-0.25, -0.2) is 0 Å². The van der Waals surface area contributed by atoms with Crippen LogP contribution in [0.3, 0.4) is 0 Å². The fourth-order valence-electron chi connectivity index (χ4n) is 2.30. The average Bonchev–Trinajstić information content (AvgIpc) is 2.76. The molecule has 0 spiro atoms. The van der Waals surface area contributed by atoms with E-state index in [4.69, 9.17) is 0 Å². The molecule has 0 aromatic rings. The van der Waals surface area contributed by atoms with Crippen molar-refractivity contribution in [2.45, 2.75) is 71.4 Å². The van der Waals surface area contributed by atoms with Crippen molar-refractivity contribution >= 4 is 5.91 Å². The Morgan fingerprint density at radius 3 is 2.41 bits per heavy atom. The highest BCUT2D eigenvalue weighted by molar-refractivity contribution is 5.78. The predicted molar refractivity (Wildman–Crippen MR) is 71.9 cm³/mol. The first-order chi connectivity index (χ1) is 8.08. The molecule has 0 bridgehead atoms. The Morgan fingerprint density at radius 2 is 1.82 bits per heavy atom. The molecule has 0 unspecified atom stereocenters. The molecule has 1 atom stereocenters. The number of nitrogens with one attached hydrogen (secondary N) is 2. The van der Waals surface area contributed by atoms with E-state index in [1.807, 2.05) is 0 Å². The highest BCUT2D eigenvalue weighted by atomic mass is 16.1. The summed E-state index contributed by atoms with van der Waals surface area (Å²) in [6.45, 7) is 7.10. The van der Waals surface area contributed by atoms with Crippen LogP contribution < -0.4 is 10.6 Å². The van der Waals surface area contributed by atoms with Crippen LogP contribution in [0.2, 0.25) is 0 Å². The first kappa shape index (κ1) is 14.5. The maximum atomic E-state index is 11.7. The van der Waals surface area contributed by atoms with Crippen LogP contribution in [0, 0.1) is 5.92 Å². The van der Waals surface area contributed by atoms with Crippen molar-refractivity contribution in [1.82, 2.24) is 10.6 Å². The zero-order valence-electron chi connectivity index (χ0n) is 11.6. The minimum absolute atomic E-state index is 0.160. The summed E-state index contributed by atoms with van der Waals surface area (Å²) in [6, 6.07) is 0.877. The molecule has 0 saturated heterocycles. The van der Waals surface area contributed by atoms with Crippen molar-refractivity contribution in [3.05, 3.63) is 0 Å². The molecule has 1 fully saturated rings. The zero-order chi connectivity index (χ0) is 12.7. The van der Waals surface area contributed by atoms with Gasteiger partial charge in [0.25, 0.3) is 0 Å². The minimum atomic E-state index is 0.160. The van der Waals surface area contributed by atoms with E-state index in [-0.39, 0.29) is 5.91 Å². The highest BCUT2D eigenvalue weighted by Gasteiger charge is 2.17. The van der Waals surface area contributed by atoms with Gasteiger partial charge in [0, 0.05) is 12.1 Å². The minimum Gasteiger partial charge on any atom is -0.352 e. The van der Waals surface area contributed by atoms with Gasteiger partial charge in [-0.1, -0.05) is 26.7 Å². The van der Waals surface area contributed by atoms with Crippen LogP contribution in [0.5, 0.6) is 0 Å². The summed E-state index contributed by atoms with van der Waals surface area (Å²) in [6.07, 6.45) is 7.22. The van der Waals surface area contributed by atoms with E-state index >= 15 is 0 Å². The van der Waals surface area contributed by atoms with Crippen LogP contribution in [-0.4, -0.2) is 24.5 Å². The number of hydrogen-bond donors (Lipinski definition) is 2. The molecule has 1 aliphatic carbocycles. The maximum Gasteiger partial charge on any atom is 0.234 e. The molecular weight excluding hydrogens is 212 g/mol. The molecule has 0 aromatic carbocycles. The SMILES string of the molecule is CC(C)CC[C@@H](C)NCC(=O)NC1CCCC1. The topological polar surface area (TPSA) is 41.1 Å². The van der Waals surface area contributed by atoms with Crippen LogP contribution in [0.25, 0.3) is 0 Å². The highest BCUT2D eigenvalue weighted by Crippen LogP contribution is 2.17. The molecule has 1 rings (SSSR count). The van der Waals surface area contributed by atoms with E-state index in [1.54, 1.807) is 0 Å². The predicted octanol–water partition coefficient (Wildman–Crippen LogP) is 2.46. The average molecular weight is 240 g/mol. The van der Waals surface area contributed by atoms with Gasteiger partial charge in [0.2, 0.25) is 5.91 Å². The normalized spacial score (nSPS) is 18.6. The Morgan fingerprint density at radius 1 is 1.18 bits per heavy atom. The number of amides is 1. The van der Waals surface area contributed by atoms with Gasteiger partial charge in [0.05, 0.1) is 6.54 Å². The van der Waals surface area contributed by atoms with Crippen LogP contribution in [-0.2, 0) is 4.79 Å². The van der Waals surface area contributed by atoms with Crippen LogP contribution in [0.1, 0.15) is 59.3 Å². The Balaban J connectivity index is 2.05. The van der Waals surface area contributed by atoms with Crippen LogP contribution >= 0.6 is 0 Å². The molecule has 100 valence electrons. The molecule has 2 N–H and O–H groups in total. The van der Waals surface area contributed by atoms with Crippen LogP contribution in [0.4, 0.5) is 0 Å². The number of carbonyl (C=O) groups is 1. The van der Waals surface area contributed by atoms with Gasteiger partial charge >= 0.3 is 0 Å². The Labute approximate surface area is 106 Å². The first-order valence-corrected chi connectivity index (χ1v) is 7.10. The van der Waals surface area contributed by atoms with Crippen LogP contribution in [0.15, 0.2) is 0 Å². The molecule has 3 heteroatoms. The molecule has 17 heavy (non-hydrogen) atoms. The lowest BCUT2D eigenvalue weighted by atomic mass is 10.0. The lowest BCUT2D eigenvalue weighted by Crippen LogP contribution is -2.41. The second kappa shape index (κ2) is 7.70. The van der Waals surface area contributed by atoms with E-state index in [2.05, 4.69) is 31.4 Å². The monoisotopic (exact) mass is 240 g/mol. The van der Waals surface area contributed by atoms with Gasteiger partial charge in [-0.3, -0.25) is 4.79 Å². The lowest BCUT2D eigenvalue weighted by molar-refractivity contribution is -0.121. The van der Waals surface area contributed by atoms with E-state index in [9.17, 15) is 4.79 Å². The van der Waals surface area contributed by atoms with E-state index < -0.39 is 0 Å². The fraction of sp³-hybridized carbons (Fsp3) is 0.929. The second-order valence-corrected chi connectivity index (χ2v) is 5.80. The van der Waals surface area contributed by atoms with Crippen molar-refractivity contribution in [3.8, 4) is 0 Å². The molecule has 0 radical (unpaired) electrons. The summed E-state index contributed by atoms with van der Waals surface area (Å²) in [5.41, 5.74) is 0. The third-order valence-electron chi connectivity index (χ3n) is 3.51. The molecule has 0 heterocycles. The van der Waals surface area contributed by atoms with Gasteiger partial charge in [0.15, 0.2) is 0 Å². The smallest absolute Gasteiger partial charge is 0.234 e. The largest absolute Gasteiger partial charge is 0.352 e. The third-order valence-corrected chi connectivity index (χ3v) is 3.51. The molecule has 1 amide bonds. The number of rotatable bonds is 7. The lowest BCUT2D eigenvalue weighted by Gasteiger charge is -2.16. The quantitative estimate of drug-likeness (QED) is 0.717. The Bertz CT molecular complexity index is 222. The van der Waals surface area contributed by atoms with Crippen molar-refractivity contribution in [2.75, 3.05) is 6.54 Å². The second-order valence-electron chi connectivity index (χ2n) is 5.80. The van der Waals surface area contributed by atoms with Crippen molar-refractivity contribution in [2.24, 2.45) is 5.92 Å². The third kappa shape index (κ3) is 6.67. The summed E-state index contributed by atoms with van der Waals surface area (Å²) in [5.74, 6) is 0.903. The van der Waals surface area contributed by atoms with E-state index in [0.29, 0.717) is 18.6 Å². The summed E-state index contributed by atoms with van der Waals surface area (Å²) in [4.78, 5) is 11.7. The summed E-state index contributed by atoms with van der Waals surface area (Å²) < 4.78 is 0. The van der Waals surface area contributed by atoms with Gasteiger partial charge in [-0.2, -0.15) is 0 Å². The Kier molecular flexibility index (Phi) is 6.56. The number of carbonyl (C=O) groups excluding carboxylic acids is 1.